The number of ether oxygens (including phenoxy) is 3. The van der Waals surface area contributed by atoms with E-state index >= 15 is 0 Å². The van der Waals surface area contributed by atoms with Gasteiger partial charge in [-0.15, -0.1) is 0 Å². The Bertz CT molecular complexity index is 829. The number of halogens is 2. The molecule has 1 atom stereocenters. The lowest BCUT2D eigenvalue weighted by atomic mass is 9.81. The summed E-state index contributed by atoms with van der Waals surface area (Å²) in [5.41, 5.74) is -0.673. The van der Waals surface area contributed by atoms with Crippen molar-refractivity contribution in [2.45, 2.75) is 70.8 Å². The van der Waals surface area contributed by atoms with Crippen molar-refractivity contribution in [1.29, 1.82) is 0 Å². The maximum Gasteiger partial charge on any atom is 0.407 e. The lowest BCUT2D eigenvalue weighted by Crippen LogP contribution is -2.48. The molecule has 2 N–H and O–H groups in total. The largest absolute Gasteiger partial charge is 0.478 e. The topological polar surface area (TPSA) is 94.1 Å². The monoisotopic (exact) mass is 445 g/mol. The normalized spacial score (nSPS) is 26.1. The molecule has 7 nitrogen and oxygen atoms in total. The number of alkyl carbamates (subject to hydrolysis) is 1. The van der Waals surface area contributed by atoms with Crippen molar-refractivity contribution in [3.05, 3.63) is 21.7 Å². The number of fused-ring (bicyclic) bond motifs is 1. The molecule has 1 saturated carbocycles. The molecular weight excluding hydrogens is 421 g/mol. The van der Waals surface area contributed by atoms with E-state index in [9.17, 15) is 14.7 Å². The third kappa shape index (κ3) is 4.67. The van der Waals surface area contributed by atoms with E-state index in [0.29, 0.717) is 0 Å². The number of carboxylic acids is 1. The van der Waals surface area contributed by atoms with E-state index in [2.05, 4.69) is 5.32 Å². The van der Waals surface area contributed by atoms with Gasteiger partial charge in [0.2, 0.25) is 0 Å². The van der Waals surface area contributed by atoms with Crippen LogP contribution in [0.3, 0.4) is 0 Å². The molecule has 0 radical (unpaired) electrons. The second-order valence-corrected chi connectivity index (χ2v) is 9.38. The Morgan fingerprint density at radius 2 is 1.76 bits per heavy atom. The number of aromatic carboxylic acids is 1. The van der Waals surface area contributed by atoms with Crippen molar-refractivity contribution in [2.24, 2.45) is 5.92 Å². The summed E-state index contributed by atoms with van der Waals surface area (Å²) in [5, 5.41) is 12.3. The standard InChI is InChI=1S/C20H25Cl2NO6/c1-19(2,3)29-18(26)23-11-7-5-10(6-8-11)20(4)27-15-13(21)9-12(17(24)25)14(22)16(15)28-20/h9-11H,5-8H2,1-4H3,(H,23,26)(H,24,25)/t10-,11-,20?. The van der Waals surface area contributed by atoms with E-state index in [1.54, 1.807) is 6.92 Å². The predicted octanol–water partition coefficient (Wildman–Crippen LogP) is 5.26. The molecule has 1 aliphatic heterocycles. The first-order chi connectivity index (χ1) is 13.4. The Balaban J connectivity index is 1.66. The number of carbonyl (C=O) groups excluding carboxylic acids is 1. The maximum absolute atomic E-state index is 12.0. The summed E-state index contributed by atoms with van der Waals surface area (Å²) in [6.45, 7) is 7.26. The molecule has 0 spiro atoms. The molecule has 160 valence electrons. The molecule has 2 aliphatic rings. The smallest absolute Gasteiger partial charge is 0.407 e. The molecule has 1 aliphatic carbocycles. The minimum absolute atomic E-state index is 0.0132. The minimum atomic E-state index is -1.19. The molecule has 0 saturated heterocycles. The second kappa shape index (κ2) is 7.76. The quantitative estimate of drug-likeness (QED) is 0.658. The van der Waals surface area contributed by atoms with Gasteiger partial charge in [0.1, 0.15) is 10.6 Å². The zero-order valence-corrected chi connectivity index (χ0v) is 18.3. The van der Waals surface area contributed by atoms with Crippen molar-refractivity contribution in [1.82, 2.24) is 5.32 Å². The highest BCUT2D eigenvalue weighted by atomic mass is 35.5. The van der Waals surface area contributed by atoms with Crippen molar-refractivity contribution >= 4 is 35.3 Å². The fraction of sp³-hybridized carbons (Fsp3) is 0.600. The summed E-state index contributed by atoms with van der Waals surface area (Å²) < 4.78 is 17.3. The van der Waals surface area contributed by atoms with Crippen LogP contribution in [0.2, 0.25) is 10.0 Å². The molecule has 3 rings (SSSR count). The zero-order chi connectivity index (χ0) is 21.6. The molecule has 0 aromatic heterocycles. The van der Waals surface area contributed by atoms with Crippen LogP contribution in [0.25, 0.3) is 0 Å². The molecule has 1 fully saturated rings. The Kier molecular flexibility index (Phi) is 5.84. The van der Waals surface area contributed by atoms with E-state index < -0.39 is 23.5 Å². The van der Waals surface area contributed by atoms with Crippen LogP contribution in [0.5, 0.6) is 11.5 Å². The third-order valence-electron chi connectivity index (χ3n) is 5.16. The Morgan fingerprint density at radius 3 is 2.31 bits per heavy atom. The van der Waals surface area contributed by atoms with E-state index in [0.717, 1.165) is 25.7 Å². The summed E-state index contributed by atoms with van der Waals surface area (Å²) in [6, 6.07) is 1.28. The average Bonchev–Trinajstić information content (AvgIpc) is 2.96. The van der Waals surface area contributed by atoms with Crippen molar-refractivity contribution < 1.29 is 28.9 Å². The van der Waals surface area contributed by atoms with Gasteiger partial charge in [0.15, 0.2) is 11.5 Å². The summed E-state index contributed by atoms with van der Waals surface area (Å²) in [7, 11) is 0. The van der Waals surface area contributed by atoms with Crippen molar-refractivity contribution in [3.8, 4) is 11.5 Å². The maximum atomic E-state index is 12.0. The summed E-state index contributed by atoms with van der Waals surface area (Å²) in [5.74, 6) is -1.76. The first kappa shape index (κ1) is 21.8. The molecule has 1 aromatic carbocycles. The SMILES string of the molecule is CC(C)(C)OC(=O)N[C@H]1CC[C@H](C2(C)Oc3c(Cl)cc(C(=O)O)c(Cl)c3O2)CC1. The number of rotatable bonds is 3. The fourth-order valence-corrected chi connectivity index (χ4v) is 4.25. The molecule has 29 heavy (non-hydrogen) atoms. The molecule has 1 unspecified atom stereocenters. The molecular formula is C20H25Cl2NO6. The lowest BCUT2D eigenvalue weighted by molar-refractivity contribution is -0.121. The number of amides is 1. The summed E-state index contributed by atoms with van der Waals surface area (Å²) in [4.78, 5) is 23.3. The van der Waals surface area contributed by atoms with Gasteiger partial charge in [0.25, 0.3) is 5.79 Å². The van der Waals surface area contributed by atoms with Gasteiger partial charge in [-0.1, -0.05) is 23.2 Å². The predicted molar refractivity (Wildman–Crippen MR) is 108 cm³/mol. The van der Waals surface area contributed by atoms with Gasteiger partial charge in [-0.25, -0.2) is 9.59 Å². The molecule has 0 bridgehead atoms. The van der Waals surface area contributed by atoms with E-state index in [1.807, 2.05) is 20.8 Å². The van der Waals surface area contributed by atoms with E-state index in [1.165, 1.54) is 6.07 Å². The zero-order valence-electron chi connectivity index (χ0n) is 16.8. The molecule has 9 heteroatoms. The fourth-order valence-electron chi connectivity index (χ4n) is 3.76. The van der Waals surface area contributed by atoms with Gasteiger partial charge in [0.05, 0.1) is 10.6 Å². The second-order valence-electron chi connectivity index (χ2n) is 8.60. The summed E-state index contributed by atoms with van der Waals surface area (Å²) >= 11 is 12.4. The number of carbonyl (C=O) groups is 2. The lowest BCUT2D eigenvalue weighted by Gasteiger charge is -2.37. The van der Waals surface area contributed by atoms with Gasteiger partial charge >= 0.3 is 12.1 Å². The minimum Gasteiger partial charge on any atom is -0.478 e. The molecule has 1 aromatic rings. The first-order valence-corrected chi connectivity index (χ1v) is 10.3. The van der Waals surface area contributed by atoms with Gasteiger partial charge in [-0.2, -0.15) is 0 Å². The number of nitrogens with one attached hydrogen (secondary N) is 1. The van der Waals surface area contributed by atoms with Crippen LogP contribution in [-0.2, 0) is 4.74 Å². The highest BCUT2D eigenvalue weighted by Crippen LogP contribution is 2.53. The van der Waals surface area contributed by atoms with Crippen molar-refractivity contribution in [2.75, 3.05) is 0 Å². The Hall–Kier alpha value is -1.86. The van der Waals surface area contributed by atoms with E-state index in [-0.39, 0.29) is 39.1 Å². The third-order valence-corrected chi connectivity index (χ3v) is 5.82. The van der Waals surface area contributed by atoms with Gasteiger partial charge in [-0.05, 0) is 52.5 Å². The van der Waals surface area contributed by atoms with Gasteiger partial charge < -0.3 is 24.6 Å². The number of hydrogen-bond acceptors (Lipinski definition) is 5. The van der Waals surface area contributed by atoms with Crippen LogP contribution in [-0.4, -0.2) is 34.6 Å². The van der Waals surface area contributed by atoms with E-state index in [4.69, 9.17) is 37.4 Å². The highest BCUT2D eigenvalue weighted by Gasteiger charge is 2.48. The van der Waals surface area contributed by atoms with Crippen LogP contribution < -0.4 is 14.8 Å². The van der Waals surface area contributed by atoms with Crippen LogP contribution in [0.15, 0.2) is 6.07 Å². The number of benzene rings is 1. The first-order valence-electron chi connectivity index (χ1n) is 9.52. The molecule has 1 amide bonds. The highest BCUT2D eigenvalue weighted by molar-refractivity contribution is 6.38. The number of carboxylic acid groups (broad SMARTS) is 1. The molecule has 1 heterocycles. The van der Waals surface area contributed by atoms with Crippen LogP contribution in [0.4, 0.5) is 4.79 Å². The number of hydrogen-bond donors (Lipinski definition) is 2. The van der Waals surface area contributed by atoms with Crippen LogP contribution in [0.1, 0.15) is 63.7 Å². The summed E-state index contributed by atoms with van der Waals surface area (Å²) in [6.07, 6.45) is 2.54. The van der Waals surface area contributed by atoms with Crippen LogP contribution >= 0.6 is 23.2 Å². The Morgan fingerprint density at radius 1 is 1.17 bits per heavy atom. The van der Waals surface area contributed by atoms with Gasteiger partial charge in [-0.3, -0.25) is 0 Å². The average molecular weight is 446 g/mol. The van der Waals surface area contributed by atoms with Crippen molar-refractivity contribution in [3.63, 3.8) is 0 Å². The van der Waals surface area contributed by atoms with Crippen LogP contribution in [0, 0.1) is 5.92 Å². The van der Waals surface area contributed by atoms with Gasteiger partial charge in [0, 0.05) is 18.9 Å². The Labute approximate surface area is 179 Å².